The van der Waals surface area contributed by atoms with Crippen LogP contribution in [0.4, 0.5) is 0 Å². The summed E-state index contributed by atoms with van der Waals surface area (Å²) in [5, 5.41) is 4.54. The molecular formula is C23H28N6O2. The molecule has 1 amide bonds. The molecule has 8 nitrogen and oxygen atoms in total. The predicted molar refractivity (Wildman–Crippen MR) is 116 cm³/mol. The number of piperidine rings is 1. The molecule has 0 aromatic carbocycles. The van der Waals surface area contributed by atoms with Gasteiger partial charge >= 0.3 is 0 Å². The molecule has 0 bridgehead atoms. The van der Waals surface area contributed by atoms with Crippen molar-refractivity contribution in [2.24, 2.45) is 5.92 Å². The van der Waals surface area contributed by atoms with Gasteiger partial charge in [-0.1, -0.05) is 0 Å². The molecule has 2 fully saturated rings. The summed E-state index contributed by atoms with van der Waals surface area (Å²) in [4.78, 5) is 26.6. The second kappa shape index (κ2) is 8.26. The van der Waals surface area contributed by atoms with E-state index in [-0.39, 0.29) is 5.91 Å². The van der Waals surface area contributed by atoms with Crippen LogP contribution in [0.3, 0.4) is 0 Å². The molecule has 0 spiro atoms. The molecule has 1 saturated heterocycles. The number of carbonyl (C=O) groups excluding carboxylic acids is 1. The van der Waals surface area contributed by atoms with Crippen LogP contribution in [0.1, 0.15) is 47.7 Å². The van der Waals surface area contributed by atoms with E-state index in [1.54, 1.807) is 23.3 Å². The van der Waals surface area contributed by atoms with E-state index < -0.39 is 0 Å². The first kappa shape index (κ1) is 19.9. The third-order valence-corrected chi connectivity index (χ3v) is 6.21. The maximum atomic E-state index is 13.4. The highest BCUT2D eigenvalue weighted by molar-refractivity contribution is 5.95. The van der Waals surface area contributed by atoms with E-state index in [4.69, 9.17) is 4.42 Å². The lowest BCUT2D eigenvalue weighted by atomic mass is 9.98. The lowest BCUT2D eigenvalue weighted by Crippen LogP contribution is -2.40. The van der Waals surface area contributed by atoms with Crippen LogP contribution in [0, 0.1) is 5.92 Å². The Labute approximate surface area is 181 Å². The fourth-order valence-electron chi connectivity index (χ4n) is 4.54. The summed E-state index contributed by atoms with van der Waals surface area (Å²) in [6, 6.07) is 5.50. The minimum Gasteiger partial charge on any atom is -0.463 e. The Bertz CT molecular complexity index is 1060. The van der Waals surface area contributed by atoms with Crippen molar-refractivity contribution in [2.75, 3.05) is 33.7 Å². The number of rotatable bonds is 6. The van der Waals surface area contributed by atoms with Gasteiger partial charge in [0.05, 0.1) is 23.7 Å². The zero-order valence-corrected chi connectivity index (χ0v) is 18.1. The van der Waals surface area contributed by atoms with E-state index in [0.717, 1.165) is 38.2 Å². The summed E-state index contributed by atoms with van der Waals surface area (Å²) >= 11 is 0. The smallest absolute Gasteiger partial charge is 0.257 e. The highest BCUT2D eigenvalue weighted by Crippen LogP contribution is 2.42. The van der Waals surface area contributed by atoms with Gasteiger partial charge in [0.15, 0.2) is 5.76 Å². The largest absolute Gasteiger partial charge is 0.463 e. The molecule has 2 aliphatic rings. The first-order valence-corrected chi connectivity index (χ1v) is 11.0. The Morgan fingerprint density at radius 2 is 2.16 bits per heavy atom. The molecule has 1 aliphatic carbocycles. The second-order valence-corrected chi connectivity index (χ2v) is 8.80. The summed E-state index contributed by atoms with van der Waals surface area (Å²) < 4.78 is 7.21. The van der Waals surface area contributed by atoms with Crippen molar-refractivity contribution in [3.63, 3.8) is 0 Å². The van der Waals surface area contributed by atoms with Gasteiger partial charge in [-0.3, -0.25) is 4.79 Å². The van der Waals surface area contributed by atoms with Crippen molar-refractivity contribution in [3.05, 3.63) is 48.1 Å². The Kier molecular flexibility index (Phi) is 5.31. The average Bonchev–Trinajstić information content (AvgIpc) is 3.28. The minimum atomic E-state index is 0.0311. The van der Waals surface area contributed by atoms with Crippen molar-refractivity contribution in [1.29, 1.82) is 0 Å². The van der Waals surface area contributed by atoms with Gasteiger partial charge in [0.1, 0.15) is 5.69 Å². The summed E-state index contributed by atoms with van der Waals surface area (Å²) in [5.74, 6) is 2.01. The Morgan fingerprint density at radius 3 is 2.90 bits per heavy atom. The number of hydrogen-bond donors (Lipinski definition) is 0. The van der Waals surface area contributed by atoms with Crippen molar-refractivity contribution in [1.82, 2.24) is 29.5 Å². The van der Waals surface area contributed by atoms with Crippen LogP contribution < -0.4 is 0 Å². The predicted octanol–water partition coefficient (Wildman–Crippen LogP) is 3.21. The lowest BCUT2D eigenvalue weighted by Gasteiger charge is -2.32. The molecule has 3 aromatic heterocycles. The van der Waals surface area contributed by atoms with Crippen molar-refractivity contribution >= 4 is 5.91 Å². The highest BCUT2D eigenvalue weighted by atomic mass is 16.3. The first-order valence-electron chi connectivity index (χ1n) is 11.0. The summed E-state index contributed by atoms with van der Waals surface area (Å²) in [6.45, 7) is 2.95. The average molecular weight is 421 g/mol. The van der Waals surface area contributed by atoms with Crippen molar-refractivity contribution in [2.45, 2.75) is 31.6 Å². The Hall–Kier alpha value is -3.00. The van der Waals surface area contributed by atoms with Crippen LogP contribution in [0.2, 0.25) is 0 Å². The molecule has 0 N–H and O–H groups in total. The van der Waals surface area contributed by atoms with Crippen LogP contribution in [-0.4, -0.2) is 69.2 Å². The molecule has 0 radical (unpaired) electrons. The van der Waals surface area contributed by atoms with Gasteiger partial charge in [0, 0.05) is 32.3 Å². The van der Waals surface area contributed by atoms with Gasteiger partial charge < -0.3 is 14.2 Å². The quantitative estimate of drug-likeness (QED) is 0.609. The Balaban J connectivity index is 1.41. The molecule has 162 valence electrons. The number of hydrogen-bond acceptors (Lipinski definition) is 6. The first-order chi connectivity index (χ1) is 15.1. The Morgan fingerprint density at radius 1 is 1.29 bits per heavy atom. The summed E-state index contributed by atoms with van der Waals surface area (Å²) in [7, 11) is 4.05. The molecule has 8 heteroatoms. The molecule has 0 unspecified atom stereocenters. The van der Waals surface area contributed by atoms with Crippen molar-refractivity contribution in [3.8, 4) is 17.4 Å². The van der Waals surface area contributed by atoms with Gasteiger partial charge in [-0.05, 0) is 63.4 Å². The van der Waals surface area contributed by atoms with Gasteiger partial charge in [-0.2, -0.15) is 5.10 Å². The minimum absolute atomic E-state index is 0.0311. The third-order valence-electron chi connectivity index (χ3n) is 6.21. The molecule has 1 aliphatic heterocycles. The van der Waals surface area contributed by atoms with Crippen LogP contribution in [0.25, 0.3) is 17.4 Å². The molecule has 4 heterocycles. The van der Waals surface area contributed by atoms with E-state index >= 15 is 0 Å². The standard InChI is InChI=1S/C23H28N6O2/c1-27-11-3-5-16(14-27)15-28(2)22(30)18-13-25-29(21(18)17-7-8-17)23-24-10-9-19(26-23)20-6-4-12-31-20/h4,6,9-10,12-13,16-17H,3,5,7-8,11,14-15H2,1-2H3/t16-/m0/s1. The number of furan rings is 1. The monoisotopic (exact) mass is 420 g/mol. The number of carbonyl (C=O) groups is 1. The zero-order chi connectivity index (χ0) is 21.4. The van der Waals surface area contributed by atoms with Gasteiger partial charge in [0.2, 0.25) is 0 Å². The number of amides is 1. The normalized spacial score (nSPS) is 19.5. The lowest BCUT2D eigenvalue weighted by molar-refractivity contribution is 0.0739. The fraction of sp³-hybridized carbons (Fsp3) is 0.478. The maximum absolute atomic E-state index is 13.4. The van der Waals surface area contributed by atoms with Crippen LogP contribution in [-0.2, 0) is 0 Å². The fourth-order valence-corrected chi connectivity index (χ4v) is 4.54. The molecule has 1 atom stereocenters. The summed E-state index contributed by atoms with van der Waals surface area (Å²) in [6.07, 6.45) is 9.48. The highest BCUT2D eigenvalue weighted by Gasteiger charge is 2.35. The van der Waals surface area contributed by atoms with E-state index in [1.165, 1.54) is 12.8 Å². The second-order valence-electron chi connectivity index (χ2n) is 8.80. The van der Waals surface area contributed by atoms with E-state index in [1.807, 2.05) is 30.1 Å². The van der Waals surface area contributed by atoms with Gasteiger partial charge in [-0.25, -0.2) is 14.6 Å². The van der Waals surface area contributed by atoms with E-state index in [2.05, 4.69) is 27.0 Å². The third kappa shape index (κ3) is 4.12. The number of likely N-dealkylation sites (tertiary alicyclic amines) is 1. The SMILES string of the molecule is CN1CCC[C@H](CN(C)C(=O)c2cnn(-c3nccc(-c4ccco4)n3)c2C2CC2)C1. The van der Waals surface area contributed by atoms with Crippen molar-refractivity contribution < 1.29 is 9.21 Å². The summed E-state index contributed by atoms with van der Waals surface area (Å²) in [5.41, 5.74) is 2.29. The van der Waals surface area contributed by atoms with E-state index in [9.17, 15) is 4.79 Å². The van der Waals surface area contributed by atoms with Gasteiger partial charge in [0.25, 0.3) is 11.9 Å². The topological polar surface area (TPSA) is 80.3 Å². The molecule has 3 aromatic rings. The van der Waals surface area contributed by atoms with E-state index in [0.29, 0.717) is 34.8 Å². The molecular weight excluding hydrogens is 392 g/mol. The number of nitrogens with zero attached hydrogens (tertiary/aromatic N) is 6. The molecule has 1 saturated carbocycles. The van der Waals surface area contributed by atoms with Gasteiger partial charge in [-0.15, -0.1) is 0 Å². The molecule has 5 rings (SSSR count). The molecule has 31 heavy (non-hydrogen) atoms. The van der Waals surface area contributed by atoms with Crippen LogP contribution in [0.15, 0.2) is 41.3 Å². The zero-order valence-electron chi connectivity index (χ0n) is 18.1. The maximum Gasteiger partial charge on any atom is 0.257 e. The van der Waals surface area contributed by atoms with Crippen LogP contribution in [0.5, 0.6) is 0 Å². The number of aromatic nitrogens is 4. The van der Waals surface area contributed by atoms with Crippen LogP contribution >= 0.6 is 0 Å².